The Balaban J connectivity index is 0.000000458. The molecule has 0 radical (unpaired) electrons. The average Bonchev–Trinajstić information content (AvgIpc) is 3.15. The highest BCUT2D eigenvalue weighted by atomic mass is 35.6. The summed E-state index contributed by atoms with van der Waals surface area (Å²) >= 11 is 41.0. The normalized spacial score (nSPS) is 25.8. The van der Waals surface area contributed by atoms with Crippen LogP contribution in [0.15, 0.2) is 0 Å². The molecular weight excluding hydrogens is 933 g/mol. The summed E-state index contributed by atoms with van der Waals surface area (Å²) in [7, 11) is 10.1. The Hall–Kier alpha value is -1.15. The van der Waals surface area contributed by atoms with E-state index in [2.05, 4.69) is 0 Å². The third-order valence-electron chi connectivity index (χ3n) is 11.9. The van der Waals surface area contributed by atoms with E-state index in [1.165, 1.54) is 9.80 Å². The Labute approximate surface area is 400 Å². The molecule has 0 spiro atoms. The minimum Gasteiger partial charge on any atom is -0.332 e. The van der Waals surface area contributed by atoms with E-state index in [0.29, 0.717) is 56.3 Å². The molecule has 3 aliphatic rings. The Kier molecular flexibility index (Phi) is 23.7. The Morgan fingerprint density at radius 3 is 0.721 bits per heavy atom. The second kappa shape index (κ2) is 24.9. The molecule has 0 aliphatic carbocycles. The second-order valence-electron chi connectivity index (χ2n) is 18.5. The van der Waals surface area contributed by atoms with Gasteiger partial charge in [-0.2, -0.15) is 0 Å². The maximum atomic E-state index is 12.5. The minimum atomic E-state index is -1.45. The molecule has 0 unspecified atom stereocenters. The van der Waals surface area contributed by atoms with Crippen molar-refractivity contribution in [2.75, 3.05) is 42.3 Å². The van der Waals surface area contributed by atoms with Gasteiger partial charge in [0.1, 0.15) is 45.9 Å². The van der Waals surface area contributed by atoms with Gasteiger partial charge in [-0.3, -0.25) is 28.8 Å². The highest BCUT2D eigenvalue weighted by molar-refractivity contribution is 6.67. The Morgan fingerprint density at radius 2 is 0.557 bits per heavy atom. The zero-order valence-corrected chi connectivity index (χ0v) is 43.9. The first-order valence-electron chi connectivity index (χ1n) is 21.0. The van der Waals surface area contributed by atoms with Gasteiger partial charge in [0.2, 0.25) is 35.4 Å². The van der Waals surface area contributed by atoms with Crippen molar-refractivity contribution in [3.05, 3.63) is 0 Å². The van der Waals surface area contributed by atoms with Gasteiger partial charge in [-0.15, -0.1) is 46.4 Å². The molecule has 3 rings (SSSR count). The summed E-state index contributed by atoms with van der Waals surface area (Å²) in [5, 5.41) is 0. The summed E-state index contributed by atoms with van der Waals surface area (Å²) in [5.74, 6) is 0.429. The van der Waals surface area contributed by atoms with Crippen molar-refractivity contribution in [1.29, 1.82) is 0 Å². The lowest BCUT2D eigenvalue weighted by molar-refractivity contribution is -0.159. The first kappa shape index (κ1) is 57.9. The van der Waals surface area contributed by atoms with Gasteiger partial charge in [0, 0.05) is 48.2 Å². The van der Waals surface area contributed by atoms with Gasteiger partial charge < -0.3 is 29.4 Å². The molecule has 354 valence electrons. The Morgan fingerprint density at radius 1 is 0.377 bits per heavy atom. The zero-order chi connectivity index (χ0) is 47.8. The van der Waals surface area contributed by atoms with E-state index in [-0.39, 0.29) is 65.3 Å². The standard InChI is InChI=1S/C14H23Cl3N2O2.2C14H24Cl2N2O2/c1-8(2)6-10-12(20)19(5)11(13(21)18(10)4)7-9(3)14(15,16)17;2*1-8(2)6-10-13(19)18(5)11(14(20)17(10)4)7-9(3)12(15)16/h8-11H,6-7H2,1-5H3;2*8-12H,6-7H2,1-5H3/t3*9-,10-,11-/m000/s1. The van der Waals surface area contributed by atoms with Crippen LogP contribution in [0.5, 0.6) is 0 Å². The molecule has 0 aromatic heterocycles. The van der Waals surface area contributed by atoms with E-state index in [4.69, 9.17) is 81.2 Å². The predicted octanol–water partition coefficient (Wildman–Crippen LogP) is 8.16. The first-order chi connectivity index (χ1) is 27.8. The molecule has 0 aromatic carbocycles. The predicted molar refractivity (Wildman–Crippen MR) is 250 cm³/mol. The average molecular weight is 1000 g/mol. The fourth-order valence-corrected chi connectivity index (χ4v) is 8.28. The molecule has 3 heterocycles. The van der Waals surface area contributed by atoms with Crippen molar-refractivity contribution in [2.45, 2.75) is 151 Å². The van der Waals surface area contributed by atoms with Gasteiger partial charge in [0.25, 0.3) is 0 Å². The van der Waals surface area contributed by atoms with Crippen LogP contribution in [0.3, 0.4) is 0 Å². The smallest absolute Gasteiger partial charge is 0.245 e. The van der Waals surface area contributed by atoms with Crippen LogP contribution in [0.4, 0.5) is 0 Å². The number of likely N-dealkylation sites (N-methyl/N-ethyl adjacent to an activating group) is 6. The van der Waals surface area contributed by atoms with Crippen molar-refractivity contribution in [1.82, 2.24) is 29.4 Å². The van der Waals surface area contributed by atoms with Crippen LogP contribution < -0.4 is 0 Å². The van der Waals surface area contributed by atoms with Crippen LogP contribution in [0.25, 0.3) is 0 Å². The molecule has 9 atom stereocenters. The van der Waals surface area contributed by atoms with Gasteiger partial charge in [-0.05, 0) is 68.1 Å². The number of hydrogen-bond donors (Lipinski definition) is 0. The molecule has 0 aromatic rings. The summed E-state index contributed by atoms with van der Waals surface area (Å²) in [6.07, 6.45) is 3.31. The van der Waals surface area contributed by atoms with Crippen LogP contribution in [0.1, 0.15) is 101 Å². The molecule has 0 saturated carbocycles. The number of carbonyl (C=O) groups excluding carboxylic acids is 6. The lowest BCUT2D eigenvalue weighted by atomic mass is 9.93. The zero-order valence-electron chi connectivity index (χ0n) is 38.6. The van der Waals surface area contributed by atoms with Gasteiger partial charge in [-0.1, -0.05) is 97.1 Å². The highest BCUT2D eigenvalue weighted by Gasteiger charge is 2.46. The number of amides is 6. The van der Waals surface area contributed by atoms with Gasteiger partial charge in [-0.25, -0.2) is 0 Å². The van der Waals surface area contributed by atoms with Crippen LogP contribution >= 0.6 is 81.2 Å². The summed E-state index contributed by atoms with van der Waals surface area (Å²) < 4.78 is -1.45. The van der Waals surface area contributed by atoms with E-state index >= 15 is 0 Å². The lowest BCUT2D eigenvalue weighted by Crippen LogP contribution is -2.63. The van der Waals surface area contributed by atoms with Crippen molar-refractivity contribution < 1.29 is 28.8 Å². The van der Waals surface area contributed by atoms with Gasteiger partial charge >= 0.3 is 0 Å². The van der Waals surface area contributed by atoms with E-state index in [0.717, 1.165) is 0 Å². The minimum absolute atomic E-state index is 0.00121. The van der Waals surface area contributed by atoms with Crippen LogP contribution in [0, 0.1) is 35.5 Å². The SMILES string of the molecule is CC(C)C[C@H]1C(=O)N(C)[C@@H](C[C@H](C)C(Cl)(Cl)Cl)C(=O)N1C.CC(C)C[C@H]1C(=O)N(C)[C@@H](C[C@H](C)C(Cl)Cl)C(=O)N1C.CC(C)C[C@H]1C(=O)N(C)[C@@H](C[C@H](C)C(Cl)Cl)C(=O)N1C. The maximum absolute atomic E-state index is 12.5. The molecule has 3 aliphatic heterocycles. The fourth-order valence-electron chi connectivity index (χ4n) is 7.60. The molecule has 3 fully saturated rings. The highest BCUT2D eigenvalue weighted by Crippen LogP contribution is 2.39. The maximum Gasteiger partial charge on any atom is 0.245 e. The summed E-state index contributed by atoms with van der Waals surface area (Å²) in [5.41, 5.74) is 0. The molecule has 6 amide bonds. The van der Waals surface area contributed by atoms with Crippen molar-refractivity contribution in [3.8, 4) is 0 Å². The van der Waals surface area contributed by atoms with E-state index in [1.807, 2.05) is 55.4 Å². The topological polar surface area (TPSA) is 122 Å². The third kappa shape index (κ3) is 16.1. The van der Waals surface area contributed by atoms with Crippen molar-refractivity contribution in [2.24, 2.45) is 35.5 Å². The molecular formula is C42H71Cl7N6O6. The van der Waals surface area contributed by atoms with Crippen LogP contribution in [-0.2, 0) is 28.8 Å². The monoisotopic (exact) mass is 1000 g/mol. The van der Waals surface area contributed by atoms with E-state index in [1.54, 1.807) is 68.8 Å². The fraction of sp³-hybridized carbons (Fsp3) is 0.857. The molecule has 61 heavy (non-hydrogen) atoms. The number of alkyl halides is 7. The largest absolute Gasteiger partial charge is 0.332 e. The van der Waals surface area contributed by atoms with Gasteiger partial charge in [0.05, 0.1) is 0 Å². The van der Waals surface area contributed by atoms with E-state index in [9.17, 15) is 28.8 Å². The van der Waals surface area contributed by atoms with E-state index < -0.39 is 37.6 Å². The molecule has 3 saturated heterocycles. The summed E-state index contributed by atoms with van der Waals surface area (Å²) in [6.45, 7) is 17.8. The number of halogens is 7. The molecule has 19 heteroatoms. The van der Waals surface area contributed by atoms with Crippen molar-refractivity contribution in [3.63, 3.8) is 0 Å². The molecule has 12 nitrogen and oxygen atoms in total. The molecule has 0 bridgehead atoms. The number of rotatable bonds is 14. The lowest BCUT2D eigenvalue weighted by Gasteiger charge is -2.43. The van der Waals surface area contributed by atoms with Crippen molar-refractivity contribution >= 4 is 117 Å². The Bertz CT molecular complexity index is 1430. The second-order valence-corrected chi connectivity index (χ2v) is 23.1. The van der Waals surface area contributed by atoms with Gasteiger partial charge in [0.15, 0.2) is 3.79 Å². The number of carbonyl (C=O) groups is 6. The molecule has 0 N–H and O–H groups in total. The quantitative estimate of drug-likeness (QED) is 0.162. The summed E-state index contributed by atoms with van der Waals surface area (Å²) in [4.78, 5) is 83.1. The first-order valence-corrected chi connectivity index (χ1v) is 23.9. The summed E-state index contributed by atoms with van der Waals surface area (Å²) in [6, 6.07) is -2.63. The van der Waals surface area contributed by atoms with Crippen LogP contribution in [-0.4, -0.2) is 157 Å². The van der Waals surface area contributed by atoms with Crippen LogP contribution in [0.2, 0.25) is 0 Å². The number of piperazine rings is 3. The number of hydrogen-bond acceptors (Lipinski definition) is 6. The number of nitrogens with zero attached hydrogens (tertiary/aromatic N) is 6. The third-order valence-corrected chi connectivity index (χ3v) is 14.7.